The number of phenols is 1. The van der Waals surface area contributed by atoms with E-state index in [0.717, 1.165) is 11.1 Å². The van der Waals surface area contributed by atoms with Crippen molar-refractivity contribution in [2.24, 2.45) is 29.2 Å². The molecule has 1 fully saturated rings. The Morgan fingerprint density at radius 3 is 1.71 bits per heavy atom. The lowest BCUT2D eigenvalue weighted by molar-refractivity contribution is -0.143. The van der Waals surface area contributed by atoms with Crippen molar-refractivity contribution in [3.8, 4) is 5.75 Å². The van der Waals surface area contributed by atoms with E-state index in [-0.39, 0.29) is 92.8 Å². The number of likely N-dealkylation sites (tertiary alicyclic amines) is 1. The summed E-state index contributed by atoms with van der Waals surface area (Å²) in [5.41, 5.74) is 16.5. The molecule has 0 unspecified atom stereocenters. The number of nitrogens with zero attached hydrogens (tertiary/aromatic N) is 1. The number of benzene rings is 4. The Balaban J connectivity index is 1.05. The number of carboxylic acid groups (broad SMARTS) is 2. The summed E-state index contributed by atoms with van der Waals surface area (Å²) in [7, 11) is 0. The molecule has 6 aromatic rings. The highest BCUT2D eigenvalue weighted by Gasteiger charge is 2.43. The number of H-pyrrole nitrogens is 2. The molecule has 1 saturated heterocycles. The molecule has 0 radical (unpaired) electrons. The largest absolute Gasteiger partial charge is 0.508 e. The molecule has 20 N–H and O–H groups in total. The molecule has 0 aliphatic carbocycles. The predicted molar refractivity (Wildman–Crippen MR) is 464 cm³/mol. The van der Waals surface area contributed by atoms with E-state index in [4.69, 9.17) is 11.5 Å². The fourth-order valence-electron chi connectivity index (χ4n) is 14.3. The van der Waals surface area contributed by atoms with Crippen LogP contribution in [0.4, 0.5) is 0 Å². The van der Waals surface area contributed by atoms with Gasteiger partial charge in [0.2, 0.25) is 76.8 Å². The number of aromatic amines is 2. The van der Waals surface area contributed by atoms with Gasteiger partial charge in [-0.3, -0.25) is 71.9 Å². The van der Waals surface area contributed by atoms with Crippen LogP contribution >= 0.6 is 35.3 Å². The van der Waals surface area contributed by atoms with E-state index in [2.05, 4.69) is 68.5 Å². The molecule has 37 heteroatoms. The standard InChI is InChI=1S/C85H114N16O18S3/c1-9-47(6)72-84(118)98-67(73(87)107)43-121-41-50-17-10-11-18-51(50)42-122-44-68(82(116)90-48(7)74(108)92-62(34-46(4)5)81(115)100-72)99-77(111)61(33-45(2)3)94-76(110)60(28-29-70(103)104)91-83(117)69-23-16-31-101(69)85(119)66(37-53-40-89-59-22-15-13-20-56(53)59)97-79(113)64(36-52-39-88-58-21-14-12-19-55(52)58)95-80(114)65(38-71(105)106)96-78(112)63(35-49-24-26-54(102)27-25-49)93-75(109)57(86)30-32-120-8/h10-15,17-22,24-27,39-40,45-48,57,60-69,72,88-89,102H,9,16,23,28-38,41-44,86H2,1-8H3,(H2,87,107)(H,90,116)(H,91,117)(H,92,108)(H,93,109)(H,94,110)(H,95,114)(H,96,112)(H,97,113)(H,98,118)(H,99,111)(H,100,115)(H,103,104)(H,105,106)/t47-,48-,57-,60-,61-,62-,63-,64-,65-,66-,67-,68-,69-,72-/m0/s1. The minimum atomic E-state index is -1.91. The number of aromatic hydroxyl groups is 1. The van der Waals surface area contributed by atoms with Crippen LogP contribution in [-0.2, 0) is 103 Å². The van der Waals surface area contributed by atoms with Gasteiger partial charge in [0.15, 0.2) is 0 Å². The molecule has 660 valence electrons. The third kappa shape index (κ3) is 28.5. The van der Waals surface area contributed by atoms with E-state index in [0.29, 0.717) is 56.4 Å². The van der Waals surface area contributed by atoms with Crippen molar-refractivity contribution >= 4 is 146 Å². The van der Waals surface area contributed by atoms with Crippen LogP contribution in [0, 0.1) is 17.8 Å². The number of hydrogen-bond donors (Lipinski definition) is 18. The second-order valence-corrected chi connectivity index (χ2v) is 34.8. The minimum absolute atomic E-state index is 0.00653. The van der Waals surface area contributed by atoms with Gasteiger partial charge in [-0.05, 0) is 127 Å². The molecule has 4 heterocycles. The number of nitrogens with two attached hydrogens (primary N) is 2. The quantitative estimate of drug-likeness (QED) is 0.0269. The van der Waals surface area contributed by atoms with Crippen LogP contribution in [0.15, 0.2) is 109 Å². The predicted octanol–water partition coefficient (Wildman–Crippen LogP) is 2.95. The number of fused-ring (bicyclic) bond motifs is 3. The Kier molecular flexibility index (Phi) is 36.9. The highest BCUT2D eigenvalue weighted by Crippen LogP contribution is 2.28. The van der Waals surface area contributed by atoms with Gasteiger partial charge in [-0.25, -0.2) is 0 Å². The molecule has 34 nitrogen and oxygen atoms in total. The van der Waals surface area contributed by atoms with Gasteiger partial charge in [0.1, 0.15) is 78.3 Å². The zero-order valence-electron chi connectivity index (χ0n) is 69.6. The minimum Gasteiger partial charge on any atom is -0.508 e. The van der Waals surface area contributed by atoms with Crippen LogP contribution in [0.1, 0.15) is 134 Å². The van der Waals surface area contributed by atoms with E-state index < -0.39 is 192 Å². The number of carbonyl (C=O) groups is 15. The number of thioether (sulfide) groups is 3. The van der Waals surface area contributed by atoms with Crippen molar-refractivity contribution in [1.29, 1.82) is 0 Å². The number of primary amides is 1. The fraction of sp³-hybridized carbons (Fsp3) is 0.494. The van der Waals surface area contributed by atoms with Gasteiger partial charge >= 0.3 is 11.9 Å². The van der Waals surface area contributed by atoms with Crippen LogP contribution in [0.3, 0.4) is 0 Å². The number of amides is 13. The van der Waals surface area contributed by atoms with Crippen molar-refractivity contribution < 1.29 is 87.2 Å². The van der Waals surface area contributed by atoms with Gasteiger partial charge in [0.05, 0.1) is 12.5 Å². The molecule has 0 saturated carbocycles. The summed E-state index contributed by atoms with van der Waals surface area (Å²) in [4.78, 5) is 222. The van der Waals surface area contributed by atoms with Crippen molar-refractivity contribution in [2.45, 2.75) is 216 Å². The summed E-state index contributed by atoms with van der Waals surface area (Å²) in [5.74, 6) is -14.1. The summed E-state index contributed by atoms with van der Waals surface area (Å²) < 4.78 is 0. The molecule has 2 aromatic heterocycles. The molecule has 4 aromatic carbocycles. The van der Waals surface area contributed by atoms with Gasteiger partial charge in [-0.2, -0.15) is 35.3 Å². The average molecular weight is 1740 g/mol. The summed E-state index contributed by atoms with van der Waals surface area (Å²) in [6.45, 7) is 12.0. The van der Waals surface area contributed by atoms with Crippen LogP contribution in [-0.4, -0.2) is 228 Å². The lowest BCUT2D eigenvalue weighted by Crippen LogP contribution is -2.61. The lowest BCUT2D eigenvalue weighted by Gasteiger charge is -2.31. The molecule has 14 atom stereocenters. The van der Waals surface area contributed by atoms with Crippen molar-refractivity contribution in [3.63, 3.8) is 0 Å². The second-order valence-electron chi connectivity index (χ2n) is 31.7. The number of aliphatic carboxylic acids is 2. The molecule has 0 spiro atoms. The highest BCUT2D eigenvalue weighted by molar-refractivity contribution is 7.99. The van der Waals surface area contributed by atoms with Crippen molar-refractivity contribution in [2.75, 3.05) is 30.1 Å². The summed E-state index contributed by atoms with van der Waals surface area (Å²) >= 11 is 4.00. The molecular weight excluding hydrogens is 1630 g/mol. The number of hydrogen-bond acceptors (Lipinski definition) is 20. The maximum atomic E-state index is 15.7. The number of phenolic OH excluding ortho intramolecular Hbond substituents is 1. The van der Waals surface area contributed by atoms with Crippen LogP contribution in [0.5, 0.6) is 5.75 Å². The third-order valence-corrected chi connectivity index (χ3v) is 24.1. The lowest BCUT2D eigenvalue weighted by atomic mass is 9.96. The summed E-state index contributed by atoms with van der Waals surface area (Å²) in [5, 5.41) is 61.3. The Bertz CT molecular complexity index is 4700. The van der Waals surface area contributed by atoms with Crippen LogP contribution in [0.25, 0.3) is 21.8 Å². The van der Waals surface area contributed by atoms with E-state index in [1.54, 1.807) is 81.7 Å². The van der Waals surface area contributed by atoms with E-state index in [1.807, 2.05) is 51.3 Å². The number of carboxylic acids is 2. The Hall–Kier alpha value is -11.2. The van der Waals surface area contributed by atoms with Gasteiger partial charge in [0, 0.05) is 89.4 Å². The average Bonchev–Trinajstić information content (AvgIpc) is 1.66. The molecular formula is C85H114N16O18S3. The van der Waals surface area contributed by atoms with E-state index in [1.165, 1.54) is 71.4 Å². The first-order valence-electron chi connectivity index (χ1n) is 40.8. The number of carbonyl (C=O) groups excluding carboxylic acids is 13. The first kappa shape index (κ1) is 96.3. The zero-order valence-corrected chi connectivity index (χ0v) is 72.1. The maximum Gasteiger partial charge on any atom is 0.305 e. The van der Waals surface area contributed by atoms with E-state index in [9.17, 15) is 72.9 Å². The highest BCUT2D eigenvalue weighted by atomic mass is 32.2. The molecule has 13 amide bonds. The fourth-order valence-corrected chi connectivity index (χ4v) is 17.0. The van der Waals surface area contributed by atoms with Gasteiger partial charge in [-0.15, -0.1) is 0 Å². The first-order valence-corrected chi connectivity index (χ1v) is 44.5. The van der Waals surface area contributed by atoms with Crippen molar-refractivity contribution in [1.82, 2.24) is 73.4 Å². The third-order valence-electron chi connectivity index (χ3n) is 21.3. The Morgan fingerprint density at radius 1 is 0.582 bits per heavy atom. The zero-order chi connectivity index (χ0) is 89.0. The monoisotopic (exact) mass is 1740 g/mol. The smallest absolute Gasteiger partial charge is 0.305 e. The van der Waals surface area contributed by atoms with Gasteiger partial charge < -0.3 is 100 Å². The molecule has 2 aliphatic rings. The van der Waals surface area contributed by atoms with Gasteiger partial charge in [-0.1, -0.05) is 121 Å². The SMILES string of the molecule is CC[C@H](C)[C@@H]1NC(=O)[C@H](CC(C)C)NC(=O)[C@H](C)NC(=O)[C@@H](NC(=O)[C@H](CC(C)C)NC(=O)[C@H](CCC(=O)O)NC(=O)[C@@H]2CCCN2C(=O)[C@H](Cc2c[nH]c3ccccc23)NC(=O)[C@H](Cc2c[nH]c3ccccc23)NC(=O)[C@H](CC(=O)O)NC(=O)[C@H](Cc2ccc(O)cc2)NC(=O)[C@@H](N)CCSC)CSCc2ccccc2CSC[C@@H](C(N)=O)NC1=O. The van der Waals surface area contributed by atoms with Crippen LogP contribution in [0.2, 0.25) is 0 Å². The second kappa shape index (κ2) is 46.7. The summed E-state index contributed by atoms with van der Waals surface area (Å²) in [6, 6.07) is 8.78. The molecule has 8 rings (SSSR count). The first-order chi connectivity index (χ1) is 58.1. The Labute approximate surface area is 720 Å². The number of para-hydroxylation sites is 2. The van der Waals surface area contributed by atoms with Gasteiger partial charge in [0.25, 0.3) is 0 Å². The Morgan fingerprint density at radius 2 is 1.13 bits per heavy atom. The maximum absolute atomic E-state index is 15.7. The normalized spacial score (nSPS) is 19.6. The van der Waals surface area contributed by atoms with Crippen molar-refractivity contribution in [3.05, 3.63) is 137 Å². The summed E-state index contributed by atoms with van der Waals surface area (Å²) in [6.07, 6.45) is 2.97. The molecule has 122 heavy (non-hydrogen) atoms. The molecule has 2 aliphatic heterocycles. The van der Waals surface area contributed by atoms with E-state index >= 15 is 14.4 Å². The number of aromatic nitrogens is 2. The topological polar surface area (TPSA) is 536 Å². The molecule has 0 bridgehead atoms. The number of rotatable bonds is 36. The number of nitrogens with one attached hydrogen (secondary N) is 13. The van der Waals surface area contributed by atoms with Crippen LogP contribution < -0.4 is 70.0 Å².